The lowest BCUT2D eigenvalue weighted by Crippen LogP contribution is -2.30. The first-order chi connectivity index (χ1) is 11.4. The van der Waals surface area contributed by atoms with Crippen LogP contribution in [-0.4, -0.2) is 23.1 Å². The molecule has 0 unspecified atom stereocenters. The second kappa shape index (κ2) is 6.89. The zero-order valence-electron chi connectivity index (χ0n) is 12.9. The number of hydrogen-bond donors (Lipinski definition) is 0. The Morgan fingerprint density at radius 2 is 1.83 bits per heavy atom. The third-order valence-electron chi connectivity index (χ3n) is 4.13. The fraction of sp³-hybridized carbons (Fsp3) is 0.333. The number of hydrogen-bond acceptors (Lipinski definition) is 5. The average molecular weight is 342 g/mol. The highest BCUT2D eigenvalue weighted by Gasteiger charge is 2.18. The number of thiophene rings is 1. The summed E-state index contributed by atoms with van der Waals surface area (Å²) < 4.78 is 1.23. The van der Waals surface area contributed by atoms with Crippen molar-refractivity contribution in [3.63, 3.8) is 0 Å². The zero-order valence-corrected chi connectivity index (χ0v) is 14.6. The average Bonchev–Trinajstić information content (AvgIpc) is 3.09. The van der Waals surface area contributed by atoms with Crippen LogP contribution in [-0.2, 0) is 5.75 Å². The summed E-state index contributed by atoms with van der Waals surface area (Å²) in [6, 6.07) is 12.6. The summed E-state index contributed by atoms with van der Waals surface area (Å²) in [6.45, 7) is 2.24. The second-order valence-electron chi connectivity index (χ2n) is 5.79. The van der Waals surface area contributed by atoms with Crippen LogP contribution in [0, 0.1) is 0 Å². The molecule has 3 aromatic rings. The minimum atomic E-state index is 0.889. The Hall–Kier alpha value is -1.59. The molecule has 0 saturated carbocycles. The van der Waals surface area contributed by atoms with Crippen LogP contribution in [0.4, 0.5) is 5.82 Å². The van der Waals surface area contributed by atoms with Gasteiger partial charge in [-0.1, -0.05) is 42.1 Å². The van der Waals surface area contributed by atoms with Gasteiger partial charge in [-0.2, -0.15) is 0 Å². The van der Waals surface area contributed by atoms with Crippen LogP contribution >= 0.6 is 23.1 Å². The van der Waals surface area contributed by atoms with Gasteiger partial charge in [-0.05, 0) is 36.3 Å². The van der Waals surface area contributed by atoms with Gasteiger partial charge in [-0.15, -0.1) is 11.3 Å². The smallest absolute Gasteiger partial charge is 0.190 e. The maximum absolute atomic E-state index is 4.90. The number of piperidine rings is 1. The van der Waals surface area contributed by atoms with Gasteiger partial charge in [0.05, 0.1) is 10.2 Å². The predicted octanol–water partition coefficient (Wildman–Crippen LogP) is 4.97. The molecule has 0 spiro atoms. The van der Waals surface area contributed by atoms with Crippen molar-refractivity contribution in [2.24, 2.45) is 0 Å². The Labute approximate surface area is 144 Å². The maximum atomic E-state index is 4.90. The molecule has 23 heavy (non-hydrogen) atoms. The van der Waals surface area contributed by atoms with Gasteiger partial charge in [-0.25, -0.2) is 9.97 Å². The number of fused-ring (bicyclic) bond motifs is 1. The van der Waals surface area contributed by atoms with Crippen molar-refractivity contribution in [1.29, 1.82) is 0 Å². The predicted molar refractivity (Wildman–Crippen MR) is 99.5 cm³/mol. The lowest BCUT2D eigenvalue weighted by molar-refractivity contribution is 0.573. The lowest BCUT2D eigenvalue weighted by atomic mass is 10.1. The fourth-order valence-corrected chi connectivity index (χ4v) is 4.58. The SMILES string of the molecule is c1ccc(CSc2nc(N3CCCCC3)c3sccc3n2)cc1. The molecule has 1 fully saturated rings. The molecule has 4 rings (SSSR count). The normalized spacial score (nSPS) is 15.2. The molecule has 1 aliphatic rings. The Bertz CT molecular complexity index is 779. The first-order valence-electron chi connectivity index (χ1n) is 8.07. The zero-order chi connectivity index (χ0) is 15.5. The largest absolute Gasteiger partial charge is 0.355 e. The molecule has 3 heterocycles. The van der Waals surface area contributed by atoms with Gasteiger partial charge in [0.1, 0.15) is 0 Å². The summed E-state index contributed by atoms with van der Waals surface area (Å²) in [7, 11) is 0. The summed E-state index contributed by atoms with van der Waals surface area (Å²) in [4.78, 5) is 12.1. The number of thioether (sulfide) groups is 1. The maximum Gasteiger partial charge on any atom is 0.190 e. The standard InChI is InChI=1S/C18H19N3S2/c1-3-7-14(8-4-1)13-23-18-19-15-9-12-22-16(15)17(20-18)21-10-5-2-6-11-21/h1,3-4,7-9,12H,2,5-6,10-11,13H2. The number of aromatic nitrogens is 2. The van der Waals surface area contributed by atoms with Gasteiger partial charge in [0, 0.05) is 18.8 Å². The van der Waals surface area contributed by atoms with E-state index in [-0.39, 0.29) is 0 Å². The van der Waals surface area contributed by atoms with E-state index >= 15 is 0 Å². The second-order valence-corrected chi connectivity index (χ2v) is 7.65. The van der Waals surface area contributed by atoms with Crippen LogP contribution in [0.25, 0.3) is 10.2 Å². The molecule has 0 bridgehead atoms. The van der Waals surface area contributed by atoms with E-state index in [9.17, 15) is 0 Å². The molecule has 3 nitrogen and oxygen atoms in total. The molecule has 2 aromatic heterocycles. The molecule has 1 aromatic carbocycles. The van der Waals surface area contributed by atoms with Crippen molar-refractivity contribution in [2.45, 2.75) is 30.2 Å². The molecular formula is C18H19N3S2. The van der Waals surface area contributed by atoms with E-state index in [0.29, 0.717) is 0 Å². The highest BCUT2D eigenvalue weighted by molar-refractivity contribution is 7.98. The molecule has 0 aliphatic carbocycles. The van der Waals surface area contributed by atoms with E-state index in [4.69, 9.17) is 9.97 Å². The quantitative estimate of drug-likeness (QED) is 0.495. The molecule has 0 atom stereocenters. The van der Waals surface area contributed by atoms with Crippen LogP contribution in [0.2, 0.25) is 0 Å². The first-order valence-corrected chi connectivity index (χ1v) is 9.93. The van der Waals surface area contributed by atoms with Gasteiger partial charge < -0.3 is 4.90 Å². The van der Waals surface area contributed by atoms with Crippen LogP contribution in [0.1, 0.15) is 24.8 Å². The van der Waals surface area contributed by atoms with Gasteiger partial charge in [0.2, 0.25) is 0 Å². The van der Waals surface area contributed by atoms with E-state index < -0.39 is 0 Å². The lowest BCUT2D eigenvalue weighted by Gasteiger charge is -2.28. The van der Waals surface area contributed by atoms with Crippen LogP contribution in [0.5, 0.6) is 0 Å². The van der Waals surface area contributed by atoms with Gasteiger partial charge in [-0.3, -0.25) is 0 Å². The van der Waals surface area contributed by atoms with Crippen LogP contribution < -0.4 is 4.90 Å². The number of benzene rings is 1. The highest BCUT2D eigenvalue weighted by Crippen LogP contribution is 2.33. The van der Waals surface area contributed by atoms with Crippen molar-refractivity contribution in [3.05, 3.63) is 47.3 Å². The van der Waals surface area contributed by atoms with E-state index in [2.05, 4.69) is 46.7 Å². The molecule has 1 aliphatic heterocycles. The fourth-order valence-electron chi connectivity index (χ4n) is 2.93. The molecule has 5 heteroatoms. The van der Waals surface area contributed by atoms with Crippen LogP contribution in [0.15, 0.2) is 46.9 Å². The molecular weight excluding hydrogens is 322 g/mol. The minimum Gasteiger partial charge on any atom is -0.355 e. The van der Waals surface area contributed by atoms with E-state index in [1.165, 1.54) is 29.5 Å². The highest BCUT2D eigenvalue weighted by atomic mass is 32.2. The summed E-state index contributed by atoms with van der Waals surface area (Å²) in [6.07, 6.45) is 3.87. The summed E-state index contributed by atoms with van der Waals surface area (Å²) in [5.41, 5.74) is 2.40. The minimum absolute atomic E-state index is 0.889. The topological polar surface area (TPSA) is 29.0 Å². The van der Waals surface area contributed by atoms with Crippen molar-refractivity contribution >= 4 is 39.1 Å². The Kier molecular flexibility index (Phi) is 4.48. The Morgan fingerprint density at radius 3 is 2.65 bits per heavy atom. The Balaban J connectivity index is 1.62. The molecule has 0 amide bonds. The number of rotatable bonds is 4. The summed E-state index contributed by atoms with van der Waals surface area (Å²) in [5, 5.41) is 3.01. The number of nitrogens with zero attached hydrogens (tertiary/aromatic N) is 3. The summed E-state index contributed by atoms with van der Waals surface area (Å²) >= 11 is 3.48. The molecule has 1 saturated heterocycles. The Morgan fingerprint density at radius 1 is 1.00 bits per heavy atom. The summed E-state index contributed by atoms with van der Waals surface area (Å²) in [5.74, 6) is 2.05. The van der Waals surface area contributed by atoms with Gasteiger partial charge >= 0.3 is 0 Å². The van der Waals surface area contributed by atoms with E-state index in [1.54, 1.807) is 23.1 Å². The molecule has 118 valence electrons. The van der Waals surface area contributed by atoms with Crippen molar-refractivity contribution in [2.75, 3.05) is 18.0 Å². The van der Waals surface area contributed by atoms with Crippen molar-refractivity contribution in [1.82, 2.24) is 9.97 Å². The van der Waals surface area contributed by atoms with Crippen molar-refractivity contribution < 1.29 is 0 Å². The van der Waals surface area contributed by atoms with Gasteiger partial charge in [0.25, 0.3) is 0 Å². The molecule has 0 radical (unpaired) electrons. The molecule has 0 N–H and O–H groups in total. The van der Waals surface area contributed by atoms with Crippen molar-refractivity contribution in [3.8, 4) is 0 Å². The van der Waals surface area contributed by atoms with E-state index in [0.717, 1.165) is 35.3 Å². The first kappa shape index (κ1) is 15.0. The third-order valence-corrected chi connectivity index (χ3v) is 5.95. The number of anilines is 1. The van der Waals surface area contributed by atoms with Crippen LogP contribution in [0.3, 0.4) is 0 Å². The third kappa shape index (κ3) is 3.35. The van der Waals surface area contributed by atoms with Gasteiger partial charge in [0.15, 0.2) is 11.0 Å². The van der Waals surface area contributed by atoms with E-state index in [1.807, 2.05) is 0 Å². The monoisotopic (exact) mass is 341 g/mol.